The normalized spacial score (nSPS) is 10.7. The predicted molar refractivity (Wildman–Crippen MR) is 88.7 cm³/mol. The maximum absolute atomic E-state index is 10.7. The minimum atomic E-state index is -0.395. The van der Waals surface area contributed by atoms with Gasteiger partial charge in [-0.15, -0.1) is 0 Å². The van der Waals surface area contributed by atoms with Gasteiger partial charge in [0.1, 0.15) is 0 Å². The first-order valence-electron chi connectivity index (χ1n) is 6.74. The Morgan fingerprint density at radius 3 is 2.62 bits per heavy atom. The third kappa shape index (κ3) is 4.04. The zero-order chi connectivity index (χ0) is 15.4. The molecule has 0 aliphatic rings. The maximum atomic E-state index is 10.7. The molecule has 1 N–H and O–H groups in total. The summed E-state index contributed by atoms with van der Waals surface area (Å²) in [5.41, 5.74) is 3.40. The third-order valence-corrected chi connectivity index (χ3v) is 4.02. The van der Waals surface area contributed by atoms with E-state index in [2.05, 4.69) is 47.2 Å². The molecule has 0 saturated heterocycles. The number of nitrogens with one attached hydrogen (secondary N) is 1. The van der Waals surface area contributed by atoms with Crippen LogP contribution in [0.5, 0.6) is 0 Å². The molecule has 0 bridgehead atoms. The summed E-state index contributed by atoms with van der Waals surface area (Å²) in [7, 11) is 0. The van der Waals surface area contributed by atoms with Crippen LogP contribution in [0.3, 0.4) is 0 Å². The lowest BCUT2D eigenvalue weighted by atomic mass is 10.0. The summed E-state index contributed by atoms with van der Waals surface area (Å²) in [6.45, 7) is 4.93. The smallest absolute Gasteiger partial charge is 0.270 e. The summed E-state index contributed by atoms with van der Waals surface area (Å²) in [5.74, 6) is 0.484. The van der Waals surface area contributed by atoms with E-state index in [1.165, 1.54) is 17.7 Å². The van der Waals surface area contributed by atoms with E-state index in [0.29, 0.717) is 12.5 Å². The van der Waals surface area contributed by atoms with Gasteiger partial charge in [0.15, 0.2) is 0 Å². The highest BCUT2D eigenvalue weighted by Gasteiger charge is 2.09. The van der Waals surface area contributed by atoms with Crippen molar-refractivity contribution in [1.82, 2.24) is 0 Å². The molecule has 0 unspecified atom stereocenters. The van der Waals surface area contributed by atoms with Crippen molar-refractivity contribution in [2.75, 3.05) is 5.32 Å². The quantitative estimate of drug-likeness (QED) is 0.604. The fourth-order valence-electron chi connectivity index (χ4n) is 2.00. The van der Waals surface area contributed by atoms with Gasteiger partial charge in [0.05, 0.1) is 4.92 Å². The molecule has 0 atom stereocenters. The Morgan fingerprint density at radius 2 is 2.00 bits per heavy atom. The van der Waals surface area contributed by atoms with Crippen LogP contribution in [-0.2, 0) is 6.54 Å². The van der Waals surface area contributed by atoms with Crippen molar-refractivity contribution in [2.45, 2.75) is 26.3 Å². The van der Waals surface area contributed by atoms with Crippen LogP contribution < -0.4 is 5.32 Å². The number of nitro benzene ring substituents is 1. The van der Waals surface area contributed by atoms with Crippen LogP contribution in [0, 0.1) is 10.1 Å². The molecular formula is C16H17BrN2O2. The molecule has 0 heterocycles. The van der Waals surface area contributed by atoms with E-state index in [0.717, 1.165) is 15.7 Å². The Balaban J connectivity index is 2.09. The van der Waals surface area contributed by atoms with Gasteiger partial charge >= 0.3 is 0 Å². The van der Waals surface area contributed by atoms with E-state index in [-0.39, 0.29) is 5.69 Å². The summed E-state index contributed by atoms with van der Waals surface area (Å²) in [4.78, 5) is 10.3. The summed E-state index contributed by atoms with van der Waals surface area (Å²) < 4.78 is 0.740. The first-order chi connectivity index (χ1) is 9.97. The lowest BCUT2D eigenvalue weighted by Crippen LogP contribution is -2.01. The highest BCUT2D eigenvalue weighted by molar-refractivity contribution is 9.10. The first-order valence-corrected chi connectivity index (χ1v) is 7.53. The zero-order valence-electron chi connectivity index (χ0n) is 12.0. The second kappa shape index (κ2) is 6.72. The van der Waals surface area contributed by atoms with Crippen LogP contribution >= 0.6 is 15.9 Å². The van der Waals surface area contributed by atoms with Crippen molar-refractivity contribution in [3.05, 3.63) is 68.2 Å². The van der Waals surface area contributed by atoms with Crippen molar-refractivity contribution in [3.63, 3.8) is 0 Å². The van der Waals surface area contributed by atoms with Crippen molar-refractivity contribution in [2.24, 2.45) is 0 Å². The second-order valence-electron chi connectivity index (χ2n) is 5.17. The SMILES string of the molecule is CC(C)c1cccc(NCc2ccc([N+](=O)[O-])cc2Br)c1. The highest BCUT2D eigenvalue weighted by atomic mass is 79.9. The minimum Gasteiger partial charge on any atom is -0.381 e. The second-order valence-corrected chi connectivity index (χ2v) is 6.02. The molecule has 0 saturated carbocycles. The van der Waals surface area contributed by atoms with E-state index in [9.17, 15) is 10.1 Å². The molecule has 0 aliphatic heterocycles. The van der Waals surface area contributed by atoms with Crippen LogP contribution in [0.25, 0.3) is 0 Å². The number of anilines is 1. The van der Waals surface area contributed by atoms with E-state index in [1.807, 2.05) is 12.1 Å². The van der Waals surface area contributed by atoms with E-state index < -0.39 is 4.92 Å². The minimum absolute atomic E-state index is 0.0902. The van der Waals surface area contributed by atoms with Crippen molar-refractivity contribution in [3.8, 4) is 0 Å². The Morgan fingerprint density at radius 1 is 1.24 bits per heavy atom. The van der Waals surface area contributed by atoms with Gasteiger partial charge < -0.3 is 5.32 Å². The van der Waals surface area contributed by atoms with Gasteiger partial charge in [-0.25, -0.2) is 0 Å². The van der Waals surface area contributed by atoms with Crippen LogP contribution in [0.1, 0.15) is 30.9 Å². The third-order valence-electron chi connectivity index (χ3n) is 3.28. The topological polar surface area (TPSA) is 55.2 Å². The molecule has 0 aromatic heterocycles. The van der Waals surface area contributed by atoms with Crippen LogP contribution in [-0.4, -0.2) is 4.92 Å². The molecule has 4 nitrogen and oxygen atoms in total. The standard InChI is InChI=1S/C16H17BrN2O2/c1-11(2)12-4-3-5-14(8-12)18-10-13-6-7-15(19(20)21)9-16(13)17/h3-9,11,18H,10H2,1-2H3. The molecule has 110 valence electrons. The largest absolute Gasteiger partial charge is 0.381 e. The average Bonchev–Trinajstić information content (AvgIpc) is 2.46. The predicted octanol–water partition coefficient (Wildman–Crippen LogP) is 5.09. The average molecular weight is 349 g/mol. The lowest BCUT2D eigenvalue weighted by Gasteiger charge is -2.11. The molecule has 0 amide bonds. The van der Waals surface area contributed by atoms with Gasteiger partial charge in [-0.2, -0.15) is 0 Å². The fourth-order valence-corrected chi connectivity index (χ4v) is 2.51. The summed E-state index contributed by atoms with van der Waals surface area (Å²) in [6.07, 6.45) is 0. The van der Waals surface area contributed by atoms with Crippen molar-refractivity contribution >= 4 is 27.3 Å². The number of hydrogen-bond donors (Lipinski definition) is 1. The number of nitro groups is 1. The number of non-ortho nitro benzene ring substituents is 1. The molecular weight excluding hydrogens is 332 g/mol. The maximum Gasteiger partial charge on any atom is 0.270 e. The molecule has 0 fully saturated rings. The molecule has 5 heteroatoms. The monoisotopic (exact) mass is 348 g/mol. The number of rotatable bonds is 5. The molecule has 21 heavy (non-hydrogen) atoms. The van der Waals surface area contributed by atoms with E-state index in [4.69, 9.17) is 0 Å². The molecule has 0 radical (unpaired) electrons. The molecule has 2 aromatic rings. The van der Waals surface area contributed by atoms with Gasteiger partial charge in [-0.1, -0.05) is 41.9 Å². The Labute approximate surface area is 132 Å². The van der Waals surface area contributed by atoms with Crippen molar-refractivity contribution < 1.29 is 4.92 Å². The van der Waals surface area contributed by atoms with Gasteiger partial charge in [-0.3, -0.25) is 10.1 Å². The van der Waals surface area contributed by atoms with Gasteiger partial charge in [0, 0.05) is 28.8 Å². The van der Waals surface area contributed by atoms with Gasteiger partial charge in [0.25, 0.3) is 5.69 Å². The number of nitrogens with zero attached hydrogens (tertiary/aromatic N) is 1. The fraction of sp³-hybridized carbons (Fsp3) is 0.250. The Kier molecular flexibility index (Phi) is 4.96. The van der Waals surface area contributed by atoms with Gasteiger partial charge in [0.2, 0.25) is 0 Å². The number of halogens is 1. The molecule has 0 aliphatic carbocycles. The Hall–Kier alpha value is -1.88. The molecule has 0 spiro atoms. The molecule has 2 aromatic carbocycles. The number of benzene rings is 2. The van der Waals surface area contributed by atoms with Crippen molar-refractivity contribution in [1.29, 1.82) is 0 Å². The molecule has 2 rings (SSSR count). The van der Waals surface area contributed by atoms with Gasteiger partial charge in [-0.05, 0) is 35.2 Å². The highest BCUT2D eigenvalue weighted by Crippen LogP contribution is 2.24. The Bertz CT molecular complexity index is 656. The van der Waals surface area contributed by atoms with Crippen LogP contribution in [0.2, 0.25) is 0 Å². The van der Waals surface area contributed by atoms with E-state index >= 15 is 0 Å². The van der Waals surface area contributed by atoms with Crippen LogP contribution in [0.15, 0.2) is 46.9 Å². The summed E-state index contributed by atoms with van der Waals surface area (Å²) >= 11 is 3.38. The zero-order valence-corrected chi connectivity index (χ0v) is 13.6. The summed E-state index contributed by atoms with van der Waals surface area (Å²) in [5, 5.41) is 14.1. The lowest BCUT2D eigenvalue weighted by molar-refractivity contribution is -0.384. The summed E-state index contributed by atoms with van der Waals surface area (Å²) in [6, 6.07) is 13.1. The number of hydrogen-bond acceptors (Lipinski definition) is 3. The first kappa shape index (κ1) is 15.5. The van der Waals surface area contributed by atoms with Crippen LogP contribution in [0.4, 0.5) is 11.4 Å². The van der Waals surface area contributed by atoms with E-state index in [1.54, 1.807) is 6.07 Å².